The Bertz CT molecular complexity index is 162. The first-order chi connectivity index (χ1) is 6.83. The highest BCUT2D eigenvalue weighted by molar-refractivity contribution is 5.80. The second-order valence-corrected chi connectivity index (χ2v) is 4.36. The van der Waals surface area contributed by atoms with Gasteiger partial charge in [0, 0.05) is 12.5 Å². The van der Waals surface area contributed by atoms with Crippen molar-refractivity contribution in [2.24, 2.45) is 0 Å². The van der Waals surface area contributed by atoms with E-state index in [1.165, 1.54) is 32.1 Å². The maximum atomic E-state index is 11.4. The molecular weight excluding hydrogens is 174 g/mol. The fourth-order valence-electron chi connectivity index (χ4n) is 2.03. The molecule has 2 nitrogen and oxygen atoms in total. The molecule has 0 spiro atoms. The van der Waals surface area contributed by atoms with Gasteiger partial charge in [-0.15, -0.1) is 0 Å². The van der Waals surface area contributed by atoms with Gasteiger partial charge in [0.2, 0.25) is 0 Å². The quantitative estimate of drug-likeness (QED) is 0.709. The van der Waals surface area contributed by atoms with Crippen LogP contribution in [0.3, 0.4) is 0 Å². The number of Topliss-reactive ketones (excluding diaryl/α,β-unsaturated/α-hetero) is 1. The summed E-state index contributed by atoms with van der Waals surface area (Å²) in [4.78, 5) is 11.4. The Morgan fingerprint density at radius 1 is 1.29 bits per heavy atom. The third-order valence-corrected chi connectivity index (χ3v) is 3.00. The van der Waals surface area contributed by atoms with Gasteiger partial charge in [-0.25, -0.2) is 0 Å². The van der Waals surface area contributed by atoms with Crippen LogP contribution in [0.1, 0.15) is 58.3 Å². The summed E-state index contributed by atoms with van der Waals surface area (Å²) >= 11 is 0. The van der Waals surface area contributed by atoms with Crippen LogP contribution in [0.5, 0.6) is 0 Å². The van der Waals surface area contributed by atoms with Crippen LogP contribution in [0, 0.1) is 0 Å². The summed E-state index contributed by atoms with van der Waals surface area (Å²) in [6.07, 6.45) is 9.50. The largest absolute Gasteiger partial charge is 0.307 e. The SMILES string of the molecule is CCCCC(=O)CNC1CCCCC1. The van der Waals surface area contributed by atoms with E-state index >= 15 is 0 Å². The van der Waals surface area contributed by atoms with E-state index in [0.717, 1.165) is 19.3 Å². The average molecular weight is 197 g/mol. The van der Waals surface area contributed by atoms with Crippen molar-refractivity contribution >= 4 is 5.78 Å². The van der Waals surface area contributed by atoms with Gasteiger partial charge in [0.1, 0.15) is 5.78 Å². The second-order valence-electron chi connectivity index (χ2n) is 4.36. The van der Waals surface area contributed by atoms with Crippen LogP contribution in [0.4, 0.5) is 0 Å². The number of carbonyl (C=O) groups is 1. The van der Waals surface area contributed by atoms with Gasteiger partial charge in [0.25, 0.3) is 0 Å². The van der Waals surface area contributed by atoms with Crippen LogP contribution >= 0.6 is 0 Å². The molecule has 14 heavy (non-hydrogen) atoms. The van der Waals surface area contributed by atoms with Crippen molar-refractivity contribution in [3.05, 3.63) is 0 Å². The van der Waals surface area contributed by atoms with Crippen molar-refractivity contribution in [1.29, 1.82) is 0 Å². The molecule has 1 fully saturated rings. The number of hydrogen-bond acceptors (Lipinski definition) is 2. The lowest BCUT2D eigenvalue weighted by Gasteiger charge is -2.22. The topological polar surface area (TPSA) is 29.1 Å². The van der Waals surface area contributed by atoms with E-state index in [4.69, 9.17) is 0 Å². The first-order valence-corrected chi connectivity index (χ1v) is 6.08. The van der Waals surface area contributed by atoms with E-state index in [1.807, 2.05) is 0 Å². The van der Waals surface area contributed by atoms with Gasteiger partial charge in [0.15, 0.2) is 0 Å². The molecule has 1 rings (SSSR count). The smallest absolute Gasteiger partial charge is 0.146 e. The fourth-order valence-corrected chi connectivity index (χ4v) is 2.03. The normalized spacial score (nSPS) is 18.4. The molecule has 0 atom stereocenters. The van der Waals surface area contributed by atoms with Gasteiger partial charge in [-0.05, 0) is 19.3 Å². The molecule has 1 aliphatic carbocycles. The number of nitrogens with one attached hydrogen (secondary N) is 1. The molecule has 0 amide bonds. The van der Waals surface area contributed by atoms with E-state index in [0.29, 0.717) is 18.4 Å². The summed E-state index contributed by atoms with van der Waals surface area (Å²) in [6, 6.07) is 0.620. The molecule has 0 unspecified atom stereocenters. The van der Waals surface area contributed by atoms with Gasteiger partial charge in [-0.3, -0.25) is 4.79 Å². The highest BCUT2D eigenvalue weighted by atomic mass is 16.1. The van der Waals surface area contributed by atoms with Crippen molar-refractivity contribution in [2.75, 3.05) is 6.54 Å². The number of rotatable bonds is 6. The van der Waals surface area contributed by atoms with E-state index in [-0.39, 0.29) is 0 Å². The van der Waals surface area contributed by atoms with Crippen molar-refractivity contribution in [1.82, 2.24) is 5.32 Å². The summed E-state index contributed by atoms with van der Waals surface area (Å²) in [5, 5.41) is 3.38. The molecule has 1 saturated carbocycles. The van der Waals surface area contributed by atoms with E-state index in [9.17, 15) is 4.79 Å². The summed E-state index contributed by atoms with van der Waals surface area (Å²) in [6.45, 7) is 2.73. The standard InChI is InChI=1S/C12H23NO/c1-2-3-9-12(14)10-13-11-7-5-4-6-8-11/h11,13H,2-10H2,1H3. The molecule has 0 radical (unpaired) electrons. The van der Waals surface area contributed by atoms with Crippen LogP contribution < -0.4 is 5.32 Å². The molecule has 0 aromatic carbocycles. The van der Waals surface area contributed by atoms with Crippen LogP contribution in [-0.4, -0.2) is 18.4 Å². The van der Waals surface area contributed by atoms with Gasteiger partial charge in [-0.2, -0.15) is 0 Å². The summed E-state index contributed by atoms with van der Waals surface area (Å²) < 4.78 is 0. The average Bonchev–Trinajstić information content (AvgIpc) is 2.25. The zero-order chi connectivity index (χ0) is 10.2. The number of unbranched alkanes of at least 4 members (excludes halogenated alkanes) is 1. The van der Waals surface area contributed by atoms with Gasteiger partial charge in [-0.1, -0.05) is 32.6 Å². The highest BCUT2D eigenvalue weighted by Gasteiger charge is 2.13. The Morgan fingerprint density at radius 3 is 2.64 bits per heavy atom. The highest BCUT2D eigenvalue weighted by Crippen LogP contribution is 2.17. The van der Waals surface area contributed by atoms with E-state index in [1.54, 1.807) is 0 Å². The Labute approximate surface area is 87.5 Å². The third kappa shape index (κ3) is 4.75. The number of ketones is 1. The van der Waals surface area contributed by atoms with Gasteiger partial charge < -0.3 is 5.32 Å². The van der Waals surface area contributed by atoms with Gasteiger partial charge in [0.05, 0.1) is 6.54 Å². The van der Waals surface area contributed by atoms with Crippen molar-refractivity contribution in [3.8, 4) is 0 Å². The minimum Gasteiger partial charge on any atom is -0.307 e. The van der Waals surface area contributed by atoms with Crippen LogP contribution in [-0.2, 0) is 4.79 Å². The molecule has 2 heteroatoms. The molecule has 1 aliphatic rings. The lowest BCUT2D eigenvalue weighted by Crippen LogP contribution is -2.35. The molecule has 0 aromatic heterocycles. The van der Waals surface area contributed by atoms with Gasteiger partial charge >= 0.3 is 0 Å². The zero-order valence-corrected chi connectivity index (χ0v) is 9.35. The summed E-state index contributed by atoms with van der Waals surface area (Å²) in [7, 11) is 0. The first-order valence-electron chi connectivity index (χ1n) is 6.08. The molecule has 0 aliphatic heterocycles. The zero-order valence-electron chi connectivity index (χ0n) is 9.35. The second kappa shape index (κ2) is 6.99. The summed E-state index contributed by atoms with van der Waals surface area (Å²) in [5.74, 6) is 0.387. The van der Waals surface area contributed by atoms with Crippen molar-refractivity contribution in [2.45, 2.75) is 64.3 Å². The van der Waals surface area contributed by atoms with Crippen LogP contribution in [0.15, 0.2) is 0 Å². The first kappa shape index (κ1) is 11.7. The Hall–Kier alpha value is -0.370. The lowest BCUT2D eigenvalue weighted by molar-refractivity contribution is -0.118. The number of carbonyl (C=O) groups excluding carboxylic acids is 1. The monoisotopic (exact) mass is 197 g/mol. The molecule has 0 bridgehead atoms. The molecule has 0 heterocycles. The predicted octanol–water partition coefficient (Wildman–Crippen LogP) is 2.67. The molecule has 82 valence electrons. The van der Waals surface area contributed by atoms with E-state index in [2.05, 4.69) is 12.2 Å². The van der Waals surface area contributed by atoms with Crippen molar-refractivity contribution < 1.29 is 4.79 Å². The van der Waals surface area contributed by atoms with Crippen LogP contribution in [0.25, 0.3) is 0 Å². The molecular formula is C12H23NO. The maximum Gasteiger partial charge on any atom is 0.146 e. The Morgan fingerprint density at radius 2 is 2.00 bits per heavy atom. The number of hydrogen-bond donors (Lipinski definition) is 1. The fraction of sp³-hybridized carbons (Fsp3) is 0.917. The van der Waals surface area contributed by atoms with Crippen LogP contribution in [0.2, 0.25) is 0 Å². The third-order valence-electron chi connectivity index (χ3n) is 3.00. The molecule has 1 N–H and O–H groups in total. The Balaban J connectivity index is 2.03. The minimum absolute atomic E-state index is 0.387. The predicted molar refractivity (Wildman–Crippen MR) is 59.4 cm³/mol. The van der Waals surface area contributed by atoms with Crippen molar-refractivity contribution in [3.63, 3.8) is 0 Å². The Kier molecular flexibility index (Phi) is 5.85. The minimum atomic E-state index is 0.387. The lowest BCUT2D eigenvalue weighted by atomic mass is 9.95. The molecule has 0 saturated heterocycles. The van der Waals surface area contributed by atoms with E-state index < -0.39 is 0 Å². The molecule has 0 aromatic rings. The maximum absolute atomic E-state index is 11.4. The summed E-state index contributed by atoms with van der Waals surface area (Å²) in [5.41, 5.74) is 0.